The van der Waals surface area contributed by atoms with Gasteiger partial charge in [-0.25, -0.2) is 5.84 Å². The first kappa shape index (κ1) is 14.8. The normalized spacial score (nSPS) is 10.3. The van der Waals surface area contributed by atoms with Gasteiger partial charge in [-0.2, -0.15) is 0 Å². The van der Waals surface area contributed by atoms with Crippen LogP contribution in [0.2, 0.25) is 0 Å². The van der Waals surface area contributed by atoms with Crippen LogP contribution in [-0.4, -0.2) is 28.5 Å². The van der Waals surface area contributed by atoms with Crippen LogP contribution in [0, 0.1) is 6.92 Å². The summed E-state index contributed by atoms with van der Waals surface area (Å²) in [4.78, 5) is 11.6. The number of hydrogen-bond donors (Lipinski definition) is 2. The molecule has 106 valence electrons. The van der Waals surface area contributed by atoms with Crippen LogP contribution in [-0.2, 0) is 0 Å². The molecule has 0 radical (unpaired) electrons. The number of benzene rings is 1. The fraction of sp³-hybridized carbons (Fsp3) is 0.250. The Labute approximate surface area is 124 Å². The SMILES string of the molecule is Cc1nnc(SCCOc2ccccc2C(=O)NN)s1. The van der Waals surface area contributed by atoms with E-state index in [2.05, 4.69) is 15.6 Å². The second kappa shape index (κ2) is 7.22. The summed E-state index contributed by atoms with van der Waals surface area (Å²) in [5.74, 6) is 6.01. The third kappa shape index (κ3) is 3.92. The van der Waals surface area contributed by atoms with Crippen LogP contribution in [0.25, 0.3) is 0 Å². The zero-order valence-electron chi connectivity index (χ0n) is 10.8. The quantitative estimate of drug-likeness (QED) is 0.277. The summed E-state index contributed by atoms with van der Waals surface area (Å²) in [5, 5.41) is 8.90. The van der Waals surface area contributed by atoms with E-state index >= 15 is 0 Å². The Bertz CT molecular complexity index is 588. The van der Waals surface area contributed by atoms with Crippen molar-refractivity contribution >= 4 is 29.0 Å². The molecule has 1 aromatic carbocycles. The monoisotopic (exact) mass is 310 g/mol. The lowest BCUT2D eigenvalue weighted by Gasteiger charge is -2.09. The molecule has 2 aromatic rings. The predicted molar refractivity (Wildman–Crippen MR) is 79.0 cm³/mol. The summed E-state index contributed by atoms with van der Waals surface area (Å²) in [6.45, 7) is 2.39. The van der Waals surface area contributed by atoms with E-state index in [1.54, 1.807) is 41.3 Å². The predicted octanol–water partition coefficient (Wildman–Crippen LogP) is 1.62. The number of para-hydroxylation sites is 1. The Kier molecular flexibility index (Phi) is 5.33. The lowest BCUT2D eigenvalue weighted by Crippen LogP contribution is -2.30. The van der Waals surface area contributed by atoms with E-state index in [0.717, 1.165) is 15.1 Å². The van der Waals surface area contributed by atoms with E-state index < -0.39 is 0 Å². The van der Waals surface area contributed by atoms with Gasteiger partial charge in [0.1, 0.15) is 10.8 Å². The van der Waals surface area contributed by atoms with E-state index in [1.165, 1.54) is 0 Å². The molecular formula is C12H14N4O2S2. The second-order valence-electron chi connectivity index (χ2n) is 3.75. The third-order valence-corrected chi connectivity index (χ3v) is 4.27. The minimum absolute atomic E-state index is 0.368. The highest BCUT2D eigenvalue weighted by atomic mass is 32.2. The Balaban J connectivity index is 1.86. The highest BCUT2D eigenvalue weighted by molar-refractivity contribution is 8.01. The molecule has 1 amide bonds. The number of carbonyl (C=O) groups is 1. The van der Waals surface area contributed by atoms with Gasteiger partial charge < -0.3 is 4.74 Å². The summed E-state index contributed by atoms with van der Waals surface area (Å²) in [7, 11) is 0. The van der Waals surface area contributed by atoms with Crippen LogP contribution in [0.3, 0.4) is 0 Å². The van der Waals surface area contributed by atoms with Gasteiger partial charge in [0.05, 0.1) is 12.2 Å². The first-order chi connectivity index (χ1) is 9.70. The number of carbonyl (C=O) groups excluding carboxylic acids is 1. The van der Waals surface area contributed by atoms with Crippen molar-refractivity contribution in [2.45, 2.75) is 11.3 Å². The first-order valence-electron chi connectivity index (χ1n) is 5.86. The molecule has 0 aliphatic heterocycles. The number of aryl methyl sites for hydroxylation is 1. The van der Waals surface area contributed by atoms with Crippen LogP contribution in [0.4, 0.5) is 0 Å². The maximum Gasteiger partial charge on any atom is 0.268 e. The molecule has 0 unspecified atom stereocenters. The molecule has 0 saturated heterocycles. The van der Waals surface area contributed by atoms with Crippen molar-refractivity contribution < 1.29 is 9.53 Å². The van der Waals surface area contributed by atoms with Gasteiger partial charge in [0.25, 0.3) is 5.91 Å². The Hall–Kier alpha value is -1.64. The van der Waals surface area contributed by atoms with Gasteiger partial charge in [-0.1, -0.05) is 35.2 Å². The number of nitrogens with one attached hydrogen (secondary N) is 1. The van der Waals surface area contributed by atoms with E-state index in [9.17, 15) is 4.79 Å². The average Bonchev–Trinajstić information content (AvgIpc) is 2.89. The molecule has 2 rings (SSSR count). The van der Waals surface area contributed by atoms with Crippen LogP contribution in [0.5, 0.6) is 5.75 Å². The number of hydrazine groups is 1. The highest BCUT2D eigenvalue weighted by Crippen LogP contribution is 2.22. The van der Waals surface area contributed by atoms with Crippen molar-refractivity contribution in [2.24, 2.45) is 5.84 Å². The van der Waals surface area contributed by atoms with Crippen LogP contribution < -0.4 is 16.0 Å². The summed E-state index contributed by atoms with van der Waals surface area (Å²) in [6.07, 6.45) is 0. The summed E-state index contributed by atoms with van der Waals surface area (Å²) < 4.78 is 6.52. The molecule has 0 spiro atoms. The summed E-state index contributed by atoms with van der Waals surface area (Å²) in [6, 6.07) is 6.98. The number of amides is 1. The maximum absolute atomic E-state index is 11.6. The Morgan fingerprint density at radius 2 is 2.25 bits per heavy atom. The van der Waals surface area contributed by atoms with E-state index in [4.69, 9.17) is 10.6 Å². The molecule has 8 heteroatoms. The highest BCUT2D eigenvalue weighted by Gasteiger charge is 2.10. The number of thioether (sulfide) groups is 1. The van der Waals surface area contributed by atoms with Gasteiger partial charge in [-0.3, -0.25) is 10.2 Å². The van der Waals surface area contributed by atoms with E-state index in [0.29, 0.717) is 17.9 Å². The number of rotatable bonds is 6. The molecule has 0 atom stereocenters. The minimum Gasteiger partial charge on any atom is -0.492 e. The van der Waals surface area contributed by atoms with Crippen LogP contribution >= 0.6 is 23.1 Å². The van der Waals surface area contributed by atoms with Gasteiger partial charge in [-0.05, 0) is 19.1 Å². The molecule has 20 heavy (non-hydrogen) atoms. The fourth-order valence-corrected chi connectivity index (χ4v) is 3.18. The molecular weight excluding hydrogens is 296 g/mol. The summed E-state index contributed by atoms with van der Waals surface area (Å²) in [5.41, 5.74) is 2.52. The van der Waals surface area contributed by atoms with Gasteiger partial charge in [0.15, 0.2) is 4.34 Å². The van der Waals surface area contributed by atoms with Crippen molar-refractivity contribution in [3.63, 3.8) is 0 Å². The number of nitrogen functional groups attached to an aromatic ring is 1. The van der Waals surface area contributed by atoms with Gasteiger partial charge in [-0.15, -0.1) is 10.2 Å². The lowest BCUT2D eigenvalue weighted by molar-refractivity contribution is 0.0950. The second-order valence-corrected chi connectivity index (χ2v) is 6.28. The van der Waals surface area contributed by atoms with Crippen molar-refractivity contribution in [2.75, 3.05) is 12.4 Å². The van der Waals surface area contributed by atoms with Gasteiger partial charge >= 0.3 is 0 Å². The number of aromatic nitrogens is 2. The standard InChI is InChI=1S/C12H14N4O2S2/c1-8-15-16-12(20-8)19-7-6-18-10-5-3-2-4-9(10)11(17)14-13/h2-5H,6-7,13H2,1H3,(H,14,17). The van der Waals surface area contributed by atoms with Crippen LogP contribution in [0.15, 0.2) is 28.6 Å². The molecule has 6 nitrogen and oxygen atoms in total. The molecule has 0 aliphatic carbocycles. The van der Waals surface area contributed by atoms with E-state index in [1.807, 2.05) is 13.0 Å². The average molecular weight is 310 g/mol. The van der Waals surface area contributed by atoms with E-state index in [-0.39, 0.29) is 5.91 Å². The largest absolute Gasteiger partial charge is 0.492 e. The topological polar surface area (TPSA) is 90.1 Å². The van der Waals surface area contributed by atoms with Gasteiger partial charge in [0, 0.05) is 5.75 Å². The van der Waals surface area contributed by atoms with Gasteiger partial charge in [0.2, 0.25) is 0 Å². The molecule has 0 aliphatic rings. The molecule has 3 N–H and O–H groups in total. The van der Waals surface area contributed by atoms with Crippen molar-refractivity contribution in [1.29, 1.82) is 0 Å². The zero-order valence-corrected chi connectivity index (χ0v) is 12.5. The fourth-order valence-electron chi connectivity index (χ4n) is 1.48. The van der Waals surface area contributed by atoms with Crippen molar-refractivity contribution in [1.82, 2.24) is 15.6 Å². The third-order valence-electron chi connectivity index (χ3n) is 2.34. The Morgan fingerprint density at radius 3 is 2.95 bits per heavy atom. The van der Waals surface area contributed by atoms with Crippen LogP contribution in [0.1, 0.15) is 15.4 Å². The zero-order chi connectivity index (χ0) is 14.4. The van der Waals surface area contributed by atoms with Crippen molar-refractivity contribution in [3.05, 3.63) is 34.8 Å². The number of ether oxygens (including phenoxy) is 1. The number of hydrogen-bond acceptors (Lipinski definition) is 7. The minimum atomic E-state index is -0.368. The smallest absolute Gasteiger partial charge is 0.268 e. The Morgan fingerprint density at radius 1 is 1.45 bits per heavy atom. The van der Waals surface area contributed by atoms with Crippen molar-refractivity contribution in [3.8, 4) is 5.75 Å². The molecule has 1 aromatic heterocycles. The maximum atomic E-state index is 11.6. The molecule has 0 saturated carbocycles. The number of nitrogens with two attached hydrogens (primary N) is 1. The molecule has 0 bridgehead atoms. The first-order valence-corrected chi connectivity index (χ1v) is 7.66. The summed E-state index contributed by atoms with van der Waals surface area (Å²) >= 11 is 3.13. The molecule has 1 heterocycles. The molecule has 0 fully saturated rings. The number of nitrogens with zero attached hydrogens (tertiary/aromatic N) is 2. The lowest BCUT2D eigenvalue weighted by atomic mass is 10.2.